The molecule has 0 saturated carbocycles. The van der Waals surface area contributed by atoms with Gasteiger partial charge in [0.25, 0.3) is 0 Å². The summed E-state index contributed by atoms with van der Waals surface area (Å²) in [6, 6.07) is 4.17. The molecule has 0 amide bonds. The summed E-state index contributed by atoms with van der Waals surface area (Å²) < 4.78 is 23.3. The lowest BCUT2D eigenvalue weighted by atomic mass is 9.72. The molecule has 2 aliphatic carbocycles. The van der Waals surface area contributed by atoms with Crippen molar-refractivity contribution in [3.05, 3.63) is 51.6 Å². The first-order valence-electron chi connectivity index (χ1n) is 15.3. The summed E-state index contributed by atoms with van der Waals surface area (Å²) >= 11 is 0. The summed E-state index contributed by atoms with van der Waals surface area (Å²) in [5.41, 5.74) is -2.92. The highest BCUT2D eigenvalue weighted by molar-refractivity contribution is 6.31. The minimum Gasteiger partial charge on any atom is -0.507 e. The van der Waals surface area contributed by atoms with Crippen LogP contribution in [0.3, 0.4) is 0 Å². The lowest BCUT2D eigenvalue weighted by Crippen LogP contribution is -2.57. The molecule has 2 aromatic rings. The number of likely N-dealkylation sites (tertiary alicyclic amines) is 1. The first-order valence-corrected chi connectivity index (χ1v) is 15.3. The van der Waals surface area contributed by atoms with Crippen molar-refractivity contribution in [3.63, 3.8) is 0 Å². The van der Waals surface area contributed by atoms with E-state index in [0.717, 1.165) is 12.8 Å². The quantitative estimate of drug-likeness (QED) is 0.295. The van der Waals surface area contributed by atoms with Crippen molar-refractivity contribution < 1.29 is 53.8 Å². The van der Waals surface area contributed by atoms with E-state index in [1.807, 2.05) is 0 Å². The van der Waals surface area contributed by atoms with E-state index in [0.29, 0.717) is 13.1 Å². The summed E-state index contributed by atoms with van der Waals surface area (Å²) in [5, 5.41) is 45.8. The molecule has 6 atom stereocenters. The number of hydrogen-bond donors (Lipinski definition) is 4. The van der Waals surface area contributed by atoms with Crippen LogP contribution in [0.25, 0.3) is 0 Å². The highest BCUT2D eigenvalue weighted by atomic mass is 16.7. The Morgan fingerprint density at radius 3 is 2.38 bits per heavy atom. The number of ether oxygens (including phenoxy) is 4. The molecule has 4 aliphatic rings. The summed E-state index contributed by atoms with van der Waals surface area (Å²) in [4.78, 5) is 42.4. The van der Waals surface area contributed by atoms with Gasteiger partial charge in [0.05, 0.1) is 48.2 Å². The topological polar surface area (TPSA) is 172 Å². The van der Waals surface area contributed by atoms with Gasteiger partial charge < -0.3 is 39.4 Å². The normalized spacial score (nSPS) is 30.4. The molecule has 2 aromatic carbocycles. The number of nitrogens with zero attached hydrogens (tertiary/aromatic N) is 1. The zero-order valence-electron chi connectivity index (χ0n) is 25.7. The van der Waals surface area contributed by atoms with Crippen LogP contribution in [0.2, 0.25) is 0 Å². The van der Waals surface area contributed by atoms with Crippen LogP contribution in [-0.2, 0) is 25.4 Å². The maximum atomic E-state index is 13.9. The van der Waals surface area contributed by atoms with Crippen molar-refractivity contribution in [1.82, 2.24) is 4.90 Å². The zero-order valence-corrected chi connectivity index (χ0v) is 25.7. The maximum absolute atomic E-state index is 13.9. The van der Waals surface area contributed by atoms with E-state index >= 15 is 0 Å². The number of hydrogen-bond acceptors (Lipinski definition) is 12. The lowest BCUT2D eigenvalue weighted by Gasteiger charge is -2.46. The SMILES string of the molecule is COc1cccc2c1C(=O)c1c(O)c3c(c(O)c1C2=O)C[C@@](O)(C(C)=O)C[C@@H]3O[C@H]1C[C@H](N2CCC(OC)CC2)[C@H](O)[C@H](C)O1. The fourth-order valence-corrected chi connectivity index (χ4v) is 7.41. The van der Waals surface area contributed by atoms with Gasteiger partial charge in [0.15, 0.2) is 17.9 Å². The van der Waals surface area contributed by atoms with Crippen LogP contribution in [-0.4, -0.2) is 106 Å². The molecule has 4 N–H and O–H groups in total. The average molecular weight is 626 g/mol. The predicted molar refractivity (Wildman–Crippen MR) is 158 cm³/mol. The molecule has 0 radical (unpaired) electrons. The number of ketones is 3. The Bertz CT molecular complexity index is 1550. The minimum absolute atomic E-state index is 0.00323. The summed E-state index contributed by atoms with van der Waals surface area (Å²) in [7, 11) is 3.04. The van der Waals surface area contributed by atoms with Gasteiger partial charge in [-0.25, -0.2) is 0 Å². The Hall–Kier alpha value is -3.39. The number of phenolic OH excluding ortho intramolecular Hbond substituents is 2. The maximum Gasteiger partial charge on any atom is 0.202 e. The Morgan fingerprint density at radius 2 is 1.73 bits per heavy atom. The fraction of sp³-hybridized carbons (Fsp3) is 0.545. The van der Waals surface area contributed by atoms with E-state index in [4.69, 9.17) is 18.9 Å². The number of methoxy groups -OCH3 is 2. The second-order valence-electron chi connectivity index (χ2n) is 12.5. The van der Waals surface area contributed by atoms with Gasteiger partial charge in [0.2, 0.25) is 5.78 Å². The number of aliphatic hydroxyl groups excluding tert-OH is 1. The van der Waals surface area contributed by atoms with Crippen LogP contribution in [0.1, 0.15) is 88.6 Å². The number of piperidine rings is 1. The molecule has 12 nitrogen and oxygen atoms in total. The molecule has 6 rings (SSSR count). The number of carbonyl (C=O) groups is 3. The van der Waals surface area contributed by atoms with Crippen LogP contribution in [0, 0.1) is 0 Å². The molecular weight excluding hydrogens is 586 g/mol. The second-order valence-corrected chi connectivity index (χ2v) is 12.5. The molecule has 2 fully saturated rings. The van der Waals surface area contributed by atoms with Gasteiger partial charge in [0, 0.05) is 62.2 Å². The van der Waals surface area contributed by atoms with Crippen LogP contribution in [0.5, 0.6) is 17.2 Å². The first-order chi connectivity index (χ1) is 21.4. The van der Waals surface area contributed by atoms with Gasteiger partial charge in [-0.1, -0.05) is 12.1 Å². The number of fused-ring (bicyclic) bond motifs is 3. The number of benzene rings is 2. The third kappa shape index (κ3) is 5.13. The number of aliphatic hydroxyl groups is 2. The number of rotatable bonds is 6. The number of Topliss-reactive ketones (excluding diaryl/α,β-unsaturated/α-hetero) is 1. The van der Waals surface area contributed by atoms with E-state index in [2.05, 4.69) is 4.90 Å². The summed E-state index contributed by atoms with van der Waals surface area (Å²) in [5.74, 6) is -3.07. The molecule has 242 valence electrons. The van der Waals surface area contributed by atoms with E-state index in [-0.39, 0.29) is 53.0 Å². The summed E-state index contributed by atoms with van der Waals surface area (Å²) in [6.45, 7) is 4.35. The molecule has 0 unspecified atom stereocenters. The molecule has 2 heterocycles. The minimum atomic E-state index is -2.00. The van der Waals surface area contributed by atoms with Crippen molar-refractivity contribution in [1.29, 1.82) is 0 Å². The van der Waals surface area contributed by atoms with Gasteiger partial charge in [-0.2, -0.15) is 0 Å². The monoisotopic (exact) mass is 625 g/mol. The van der Waals surface area contributed by atoms with Gasteiger partial charge >= 0.3 is 0 Å². The Labute approximate surface area is 260 Å². The summed E-state index contributed by atoms with van der Waals surface area (Å²) in [6.07, 6.45) is -2.29. The van der Waals surface area contributed by atoms with Crippen molar-refractivity contribution in [3.8, 4) is 17.2 Å². The Morgan fingerprint density at radius 1 is 1.04 bits per heavy atom. The third-order valence-corrected chi connectivity index (χ3v) is 10.0. The van der Waals surface area contributed by atoms with Gasteiger partial charge in [-0.15, -0.1) is 0 Å². The van der Waals surface area contributed by atoms with Crippen LogP contribution >= 0.6 is 0 Å². The molecule has 0 spiro atoms. The third-order valence-electron chi connectivity index (χ3n) is 10.0. The van der Waals surface area contributed by atoms with E-state index in [9.17, 15) is 34.8 Å². The van der Waals surface area contributed by atoms with Crippen LogP contribution in [0.4, 0.5) is 0 Å². The number of phenols is 2. The molecular formula is C33H39NO11. The smallest absolute Gasteiger partial charge is 0.202 e. The number of aromatic hydroxyl groups is 2. The average Bonchev–Trinajstić information content (AvgIpc) is 3.02. The zero-order chi connectivity index (χ0) is 32.4. The van der Waals surface area contributed by atoms with Crippen molar-refractivity contribution in [2.24, 2.45) is 0 Å². The largest absolute Gasteiger partial charge is 0.507 e. The van der Waals surface area contributed by atoms with Crippen LogP contribution < -0.4 is 4.74 Å². The van der Waals surface area contributed by atoms with Crippen molar-refractivity contribution in [2.75, 3.05) is 27.3 Å². The predicted octanol–water partition coefficient (Wildman–Crippen LogP) is 2.18. The molecule has 0 bridgehead atoms. The van der Waals surface area contributed by atoms with E-state index in [1.54, 1.807) is 14.0 Å². The number of carbonyl (C=O) groups excluding carboxylic acids is 3. The van der Waals surface area contributed by atoms with E-state index < -0.39 is 76.6 Å². The first kappa shape index (κ1) is 31.6. The molecule has 45 heavy (non-hydrogen) atoms. The van der Waals surface area contributed by atoms with Crippen LogP contribution in [0.15, 0.2) is 18.2 Å². The van der Waals surface area contributed by atoms with Gasteiger partial charge in [0.1, 0.15) is 22.8 Å². The van der Waals surface area contributed by atoms with Crippen molar-refractivity contribution >= 4 is 17.3 Å². The Kier molecular flexibility index (Phi) is 8.25. The highest BCUT2D eigenvalue weighted by Gasteiger charge is 2.50. The van der Waals surface area contributed by atoms with Gasteiger partial charge in [-0.3, -0.25) is 19.3 Å². The fourth-order valence-electron chi connectivity index (χ4n) is 7.41. The molecule has 12 heteroatoms. The van der Waals surface area contributed by atoms with E-state index in [1.165, 1.54) is 32.2 Å². The second kappa shape index (κ2) is 11.8. The molecule has 2 saturated heterocycles. The lowest BCUT2D eigenvalue weighted by molar-refractivity contribution is -0.259. The molecule has 0 aromatic heterocycles. The standard InChI is InChI=1S/C33H39NO11/c1-15-28(36)20(34-10-8-17(42-3)9-11-34)12-23(44-15)45-22-14-33(41,16(2)35)13-19-25(22)32(40)27-26(30(19)38)29(37)18-6-5-7-21(43-4)24(18)31(27)39/h5-7,15,17,20,22-23,28,36,38,40-41H,8-14H2,1-4H3/t15-,20-,22-,23-,28+,33-/m0/s1. The van der Waals surface area contributed by atoms with Crippen molar-refractivity contribution in [2.45, 2.75) is 88.3 Å². The molecule has 2 aliphatic heterocycles. The van der Waals surface area contributed by atoms with Gasteiger partial charge in [-0.05, 0) is 32.8 Å². The Balaban J connectivity index is 1.40. The highest BCUT2D eigenvalue weighted by Crippen LogP contribution is 2.52.